The van der Waals surface area contributed by atoms with Crippen LogP contribution in [0.4, 0.5) is 0 Å². The standard InChI is InChI=1S/C15H21N3O3S/c1-9(2)13-10-8-11(22-15(10)18(3)16-13)14(19)17-21-12-6-4-5-7-20-12/h8-9,12H,4-7H2,1-3H3,(H,17,19)/t12-/m0/s1. The minimum atomic E-state index is -0.333. The number of rotatable bonds is 4. The van der Waals surface area contributed by atoms with Gasteiger partial charge in [-0.05, 0) is 24.8 Å². The van der Waals surface area contributed by atoms with Gasteiger partial charge in [-0.15, -0.1) is 11.3 Å². The van der Waals surface area contributed by atoms with Gasteiger partial charge in [0, 0.05) is 25.5 Å². The quantitative estimate of drug-likeness (QED) is 0.879. The fraction of sp³-hybridized carbons (Fsp3) is 0.600. The molecule has 3 rings (SSSR count). The normalized spacial score (nSPS) is 19.0. The Morgan fingerprint density at radius 2 is 2.36 bits per heavy atom. The van der Waals surface area contributed by atoms with E-state index < -0.39 is 0 Å². The molecule has 0 aromatic carbocycles. The second kappa shape index (κ2) is 6.36. The minimum Gasteiger partial charge on any atom is -0.350 e. The molecule has 1 aliphatic heterocycles. The van der Waals surface area contributed by atoms with Crippen LogP contribution in [0.5, 0.6) is 0 Å². The third-order valence-electron chi connectivity index (χ3n) is 3.73. The number of carbonyl (C=O) groups excluding carboxylic acids is 1. The van der Waals surface area contributed by atoms with Crippen molar-refractivity contribution in [1.82, 2.24) is 15.3 Å². The molecular formula is C15H21N3O3S. The lowest BCUT2D eigenvalue weighted by Crippen LogP contribution is -2.32. The molecule has 6 nitrogen and oxygen atoms in total. The first-order valence-corrected chi connectivity index (χ1v) is 8.42. The van der Waals surface area contributed by atoms with E-state index in [9.17, 15) is 4.79 Å². The molecule has 22 heavy (non-hydrogen) atoms. The summed E-state index contributed by atoms with van der Waals surface area (Å²) in [5, 5.41) is 5.56. The summed E-state index contributed by atoms with van der Waals surface area (Å²) < 4.78 is 7.26. The average Bonchev–Trinajstić information content (AvgIpc) is 3.07. The van der Waals surface area contributed by atoms with E-state index in [1.165, 1.54) is 11.3 Å². The van der Waals surface area contributed by atoms with Crippen molar-refractivity contribution in [2.24, 2.45) is 7.05 Å². The van der Waals surface area contributed by atoms with Crippen LogP contribution in [0.25, 0.3) is 10.2 Å². The number of carbonyl (C=O) groups is 1. The molecule has 0 aliphatic carbocycles. The predicted molar refractivity (Wildman–Crippen MR) is 84.8 cm³/mol. The Kier molecular flexibility index (Phi) is 4.46. The molecule has 1 saturated heterocycles. The Balaban J connectivity index is 1.72. The topological polar surface area (TPSA) is 65.4 Å². The largest absolute Gasteiger partial charge is 0.350 e. The van der Waals surface area contributed by atoms with Gasteiger partial charge in [0.2, 0.25) is 0 Å². The van der Waals surface area contributed by atoms with Crippen molar-refractivity contribution in [2.75, 3.05) is 6.61 Å². The number of hydrogen-bond acceptors (Lipinski definition) is 5. The first-order valence-electron chi connectivity index (χ1n) is 7.60. The second-order valence-corrected chi connectivity index (χ2v) is 6.87. The van der Waals surface area contributed by atoms with Gasteiger partial charge in [0.25, 0.3) is 5.91 Å². The molecule has 0 spiro atoms. The van der Waals surface area contributed by atoms with E-state index in [1.54, 1.807) is 0 Å². The number of amides is 1. The Labute approximate surface area is 133 Å². The first-order chi connectivity index (χ1) is 10.6. The van der Waals surface area contributed by atoms with Gasteiger partial charge in [-0.3, -0.25) is 9.48 Å². The van der Waals surface area contributed by atoms with E-state index in [-0.39, 0.29) is 12.2 Å². The van der Waals surface area contributed by atoms with Crippen LogP contribution in [0, 0.1) is 0 Å². The summed E-state index contributed by atoms with van der Waals surface area (Å²) in [6.45, 7) is 4.89. The SMILES string of the molecule is CC(C)c1nn(C)c2sc(C(=O)NO[C@H]3CCCCO3)cc12. The summed E-state index contributed by atoms with van der Waals surface area (Å²) in [5.74, 6) is 0.0891. The van der Waals surface area contributed by atoms with Crippen molar-refractivity contribution in [1.29, 1.82) is 0 Å². The molecule has 1 amide bonds. The highest BCUT2D eigenvalue weighted by molar-refractivity contribution is 7.20. The van der Waals surface area contributed by atoms with Gasteiger partial charge in [-0.2, -0.15) is 5.10 Å². The summed E-state index contributed by atoms with van der Waals surface area (Å²) in [7, 11) is 1.90. The molecule has 0 bridgehead atoms. The molecule has 1 aliphatic rings. The lowest BCUT2D eigenvalue weighted by molar-refractivity contribution is -0.186. The smallest absolute Gasteiger partial charge is 0.285 e. The third-order valence-corrected chi connectivity index (χ3v) is 4.93. The lowest BCUT2D eigenvalue weighted by Gasteiger charge is -2.21. The molecular weight excluding hydrogens is 302 g/mol. The average molecular weight is 323 g/mol. The number of aromatic nitrogens is 2. The number of aryl methyl sites for hydroxylation is 1. The van der Waals surface area contributed by atoms with E-state index in [0.29, 0.717) is 17.4 Å². The van der Waals surface area contributed by atoms with Crippen molar-refractivity contribution in [2.45, 2.75) is 45.3 Å². The van der Waals surface area contributed by atoms with Crippen molar-refractivity contribution in [3.05, 3.63) is 16.6 Å². The van der Waals surface area contributed by atoms with E-state index in [1.807, 2.05) is 17.8 Å². The maximum Gasteiger partial charge on any atom is 0.285 e. The van der Waals surface area contributed by atoms with E-state index in [4.69, 9.17) is 9.57 Å². The van der Waals surface area contributed by atoms with Crippen molar-refractivity contribution >= 4 is 27.5 Å². The number of ether oxygens (including phenoxy) is 1. The number of thiophene rings is 1. The molecule has 0 radical (unpaired) electrons. The number of hydroxylamine groups is 1. The Bertz CT molecular complexity index is 671. The van der Waals surface area contributed by atoms with E-state index in [2.05, 4.69) is 24.4 Å². The molecule has 1 N–H and O–H groups in total. The molecule has 0 saturated carbocycles. The Hall–Kier alpha value is -1.44. The summed E-state index contributed by atoms with van der Waals surface area (Å²) in [6, 6.07) is 1.89. The summed E-state index contributed by atoms with van der Waals surface area (Å²) in [5.41, 5.74) is 3.52. The van der Waals surface area contributed by atoms with Gasteiger partial charge in [0.05, 0.1) is 10.6 Å². The highest BCUT2D eigenvalue weighted by Crippen LogP contribution is 2.31. The number of hydrogen-bond donors (Lipinski definition) is 1. The lowest BCUT2D eigenvalue weighted by atomic mass is 10.1. The van der Waals surface area contributed by atoms with Gasteiger partial charge in [0.15, 0.2) is 6.29 Å². The molecule has 7 heteroatoms. The molecule has 0 unspecified atom stereocenters. The Morgan fingerprint density at radius 3 is 3.05 bits per heavy atom. The van der Waals surface area contributed by atoms with Gasteiger partial charge in [0.1, 0.15) is 4.83 Å². The van der Waals surface area contributed by atoms with Crippen molar-refractivity contribution < 1.29 is 14.4 Å². The number of nitrogens with zero attached hydrogens (tertiary/aromatic N) is 2. The van der Waals surface area contributed by atoms with Crippen LogP contribution in [0.15, 0.2) is 6.07 Å². The van der Waals surface area contributed by atoms with Crippen LogP contribution >= 0.6 is 11.3 Å². The summed E-state index contributed by atoms with van der Waals surface area (Å²) in [4.78, 5) is 19.2. The van der Waals surface area contributed by atoms with Gasteiger partial charge in [-0.25, -0.2) is 10.3 Å². The van der Waals surface area contributed by atoms with Crippen LogP contribution < -0.4 is 5.48 Å². The minimum absolute atomic E-state index is 0.231. The van der Waals surface area contributed by atoms with Crippen LogP contribution in [0.1, 0.15) is 54.4 Å². The zero-order valence-corrected chi connectivity index (χ0v) is 13.9. The molecule has 1 fully saturated rings. The zero-order valence-electron chi connectivity index (χ0n) is 13.1. The van der Waals surface area contributed by atoms with Crippen molar-refractivity contribution in [3.63, 3.8) is 0 Å². The van der Waals surface area contributed by atoms with Crippen LogP contribution in [0.3, 0.4) is 0 Å². The van der Waals surface area contributed by atoms with Gasteiger partial charge >= 0.3 is 0 Å². The maximum absolute atomic E-state index is 12.2. The monoisotopic (exact) mass is 323 g/mol. The highest BCUT2D eigenvalue weighted by Gasteiger charge is 2.20. The first kappa shape index (κ1) is 15.5. The highest BCUT2D eigenvalue weighted by atomic mass is 32.1. The molecule has 2 aromatic heterocycles. The third kappa shape index (κ3) is 3.02. The molecule has 1 atom stereocenters. The second-order valence-electron chi connectivity index (χ2n) is 5.84. The van der Waals surface area contributed by atoms with Crippen LogP contribution in [-0.4, -0.2) is 28.6 Å². The Morgan fingerprint density at radius 1 is 1.55 bits per heavy atom. The molecule has 3 heterocycles. The van der Waals surface area contributed by atoms with E-state index >= 15 is 0 Å². The van der Waals surface area contributed by atoms with Crippen LogP contribution in [0.2, 0.25) is 0 Å². The van der Waals surface area contributed by atoms with Crippen molar-refractivity contribution in [3.8, 4) is 0 Å². The molecule has 120 valence electrons. The van der Waals surface area contributed by atoms with Crippen LogP contribution in [-0.2, 0) is 16.6 Å². The molecule has 2 aromatic rings. The fourth-order valence-corrected chi connectivity index (χ4v) is 3.54. The zero-order chi connectivity index (χ0) is 15.7. The summed E-state index contributed by atoms with van der Waals surface area (Å²) >= 11 is 1.42. The maximum atomic E-state index is 12.2. The number of nitrogens with one attached hydrogen (secondary N) is 1. The van der Waals surface area contributed by atoms with E-state index in [0.717, 1.165) is 35.2 Å². The van der Waals surface area contributed by atoms with Gasteiger partial charge in [-0.1, -0.05) is 13.8 Å². The van der Waals surface area contributed by atoms with Gasteiger partial charge < -0.3 is 4.74 Å². The summed E-state index contributed by atoms with van der Waals surface area (Å²) in [6.07, 6.45) is 2.59. The predicted octanol–water partition coefficient (Wildman–Crippen LogP) is 2.95. The fourth-order valence-electron chi connectivity index (χ4n) is 2.58. The number of fused-ring (bicyclic) bond motifs is 1.